The van der Waals surface area contributed by atoms with Crippen LogP contribution in [0.1, 0.15) is 43.5 Å². The molecule has 0 fully saturated rings. The summed E-state index contributed by atoms with van der Waals surface area (Å²) in [5.41, 5.74) is 7.56. The van der Waals surface area contributed by atoms with Crippen LogP contribution in [0.5, 0.6) is 0 Å². The highest BCUT2D eigenvalue weighted by Crippen LogP contribution is 2.17. The minimum absolute atomic E-state index is 0.0137. The normalized spacial score (nSPS) is 13.7. The van der Waals surface area contributed by atoms with E-state index in [9.17, 15) is 4.79 Å². The molecule has 1 heterocycles. The molecule has 0 bridgehead atoms. The highest BCUT2D eigenvalue weighted by molar-refractivity contribution is 7.09. The Balaban J connectivity index is 1.92. The number of carbonyl (C=O) groups excluding carboxylic acids is 1. The zero-order chi connectivity index (χ0) is 17.6. The van der Waals surface area contributed by atoms with Gasteiger partial charge in [-0.05, 0) is 24.8 Å². The second kappa shape index (κ2) is 8.40. The lowest BCUT2D eigenvalue weighted by Gasteiger charge is -2.31. The Kier molecular flexibility index (Phi) is 6.52. The second-order valence-corrected chi connectivity index (χ2v) is 7.93. The third kappa shape index (κ3) is 5.73. The van der Waals surface area contributed by atoms with E-state index >= 15 is 0 Å². The van der Waals surface area contributed by atoms with Gasteiger partial charge in [0.25, 0.3) is 0 Å². The van der Waals surface area contributed by atoms with Crippen LogP contribution >= 0.6 is 11.3 Å². The van der Waals surface area contributed by atoms with Crippen LogP contribution < -0.4 is 11.1 Å². The average Bonchev–Trinajstić information content (AvgIpc) is 2.94. The van der Waals surface area contributed by atoms with Crippen LogP contribution in [-0.4, -0.2) is 23.0 Å². The smallest absolute Gasteiger partial charge is 0.226 e. The fraction of sp³-hybridized carbons (Fsp3) is 0.474. The first kappa shape index (κ1) is 18.6. The van der Waals surface area contributed by atoms with E-state index in [-0.39, 0.29) is 11.4 Å². The summed E-state index contributed by atoms with van der Waals surface area (Å²) < 4.78 is 0. The highest BCUT2D eigenvalue weighted by Gasteiger charge is 2.26. The molecule has 0 aliphatic rings. The number of thiazole rings is 1. The largest absolute Gasteiger partial charge is 0.349 e. The summed E-state index contributed by atoms with van der Waals surface area (Å²) in [6.45, 7) is 6.72. The molecule has 130 valence electrons. The summed E-state index contributed by atoms with van der Waals surface area (Å²) in [6.07, 6.45) is 1.98. The van der Waals surface area contributed by atoms with Gasteiger partial charge in [0.05, 0.1) is 17.1 Å². The van der Waals surface area contributed by atoms with Crippen molar-refractivity contribution in [1.82, 2.24) is 10.3 Å². The summed E-state index contributed by atoms with van der Waals surface area (Å²) in [5, 5.41) is 6.09. The maximum Gasteiger partial charge on any atom is 0.226 e. The molecule has 0 radical (unpaired) electrons. The molecule has 0 aliphatic heterocycles. The monoisotopic (exact) mass is 345 g/mol. The molecular formula is C19H27N3OS. The fourth-order valence-corrected chi connectivity index (χ4v) is 3.74. The van der Waals surface area contributed by atoms with E-state index in [1.54, 1.807) is 11.3 Å². The molecule has 3 N–H and O–H groups in total. The molecule has 2 aromatic rings. The SMILES string of the molecule is CC(C)CC(C)(CN)NC(=O)Cc1csc(Cc2ccccc2)n1. The summed E-state index contributed by atoms with van der Waals surface area (Å²) in [4.78, 5) is 16.9. The average molecular weight is 346 g/mol. The van der Waals surface area contributed by atoms with E-state index in [1.807, 2.05) is 30.5 Å². The number of carbonyl (C=O) groups is 1. The minimum Gasteiger partial charge on any atom is -0.349 e. The number of nitrogens with two attached hydrogens (primary N) is 1. The Labute approximate surface area is 148 Å². The first-order valence-electron chi connectivity index (χ1n) is 8.38. The molecule has 5 heteroatoms. The molecule has 24 heavy (non-hydrogen) atoms. The van der Waals surface area contributed by atoms with Gasteiger partial charge in [-0.2, -0.15) is 0 Å². The van der Waals surface area contributed by atoms with Crippen molar-refractivity contribution in [2.75, 3.05) is 6.54 Å². The number of amides is 1. The van der Waals surface area contributed by atoms with Crippen molar-refractivity contribution < 1.29 is 4.79 Å². The van der Waals surface area contributed by atoms with Gasteiger partial charge < -0.3 is 11.1 Å². The molecule has 1 atom stereocenters. The Hall–Kier alpha value is -1.72. The number of aromatic nitrogens is 1. The first-order chi connectivity index (χ1) is 11.4. The molecule has 0 saturated heterocycles. The lowest BCUT2D eigenvalue weighted by atomic mass is 9.90. The Morgan fingerprint density at radius 3 is 2.67 bits per heavy atom. The zero-order valence-corrected chi connectivity index (χ0v) is 15.5. The van der Waals surface area contributed by atoms with E-state index < -0.39 is 0 Å². The minimum atomic E-state index is -0.353. The van der Waals surface area contributed by atoms with Crippen molar-refractivity contribution >= 4 is 17.2 Å². The molecule has 1 amide bonds. The van der Waals surface area contributed by atoms with Crippen LogP contribution in [0.2, 0.25) is 0 Å². The molecule has 0 aliphatic carbocycles. The molecule has 1 unspecified atom stereocenters. The highest BCUT2D eigenvalue weighted by atomic mass is 32.1. The van der Waals surface area contributed by atoms with Gasteiger partial charge >= 0.3 is 0 Å². The molecule has 1 aromatic carbocycles. The number of rotatable bonds is 8. The maximum absolute atomic E-state index is 12.3. The van der Waals surface area contributed by atoms with Crippen molar-refractivity contribution in [2.45, 2.75) is 45.6 Å². The van der Waals surface area contributed by atoms with Gasteiger partial charge in [0, 0.05) is 23.9 Å². The van der Waals surface area contributed by atoms with Crippen LogP contribution in [0, 0.1) is 5.92 Å². The maximum atomic E-state index is 12.3. The van der Waals surface area contributed by atoms with Gasteiger partial charge in [0.1, 0.15) is 0 Å². The number of hydrogen-bond acceptors (Lipinski definition) is 4. The van der Waals surface area contributed by atoms with Crippen molar-refractivity contribution in [3.05, 3.63) is 52.0 Å². The van der Waals surface area contributed by atoms with E-state index in [0.29, 0.717) is 18.9 Å². The third-order valence-corrected chi connectivity index (χ3v) is 4.79. The Bertz CT molecular complexity index is 654. The summed E-state index contributed by atoms with van der Waals surface area (Å²) in [6, 6.07) is 10.2. The van der Waals surface area contributed by atoms with Gasteiger partial charge in [0.15, 0.2) is 0 Å². The van der Waals surface area contributed by atoms with Crippen molar-refractivity contribution in [1.29, 1.82) is 0 Å². The standard InChI is InChI=1S/C19H27N3OS/c1-14(2)11-19(3,13-20)22-17(23)10-16-12-24-18(21-16)9-15-7-5-4-6-8-15/h4-8,12,14H,9-11,13,20H2,1-3H3,(H,22,23). The molecule has 1 aromatic heterocycles. The predicted molar refractivity (Wildman–Crippen MR) is 100 cm³/mol. The predicted octanol–water partition coefficient (Wildman–Crippen LogP) is 3.16. The molecule has 2 rings (SSSR count). The summed E-state index contributed by atoms with van der Waals surface area (Å²) in [5.74, 6) is 0.468. The van der Waals surface area contributed by atoms with E-state index in [1.165, 1.54) is 5.56 Å². The first-order valence-corrected chi connectivity index (χ1v) is 9.26. The lowest BCUT2D eigenvalue weighted by molar-refractivity contribution is -0.122. The van der Waals surface area contributed by atoms with Crippen LogP contribution in [0.25, 0.3) is 0 Å². The van der Waals surface area contributed by atoms with Gasteiger partial charge in [-0.1, -0.05) is 44.2 Å². The number of nitrogens with one attached hydrogen (secondary N) is 1. The van der Waals surface area contributed by atoms with Gasteiger partial charge in [-0.3, -0.25) is 4.79 Å². The van der Waals surface area contributed by atoms with Gasteiger partial charge in [0.2, 0.25) is 5.91 Å². The number of hydrogen-bond donors (Lipinski definition) is 2. The Morgan fingerprint density at radius 2 is 2.04 bits per heavy atom. The van der Waals surface area contributed by atoms with E-state index in [0.717, 1.165) is 23.5 Å². The van der Waals surface area contributed by atoms with Crippen molar-refractivity contribution in [3.8, 4) is 0 Å². The quantitative estimate of drug-likeness (QED) is 0.772. The number of nitrogens with zero attached hydrogens (tertiary/aromatic N) is 1. The zero-order valence-electron chi connectivity index (χ0n) is 14.7. The molecular weight excluding hydrogens is 318 g/mol. The van der Waals surface area contributed by atoms with Gasteiger partial charge in [-0.25, -0.2) is 4.98 Å². The molecule has 0 spiro atoms. The Morgan fingerprint density at radius 1 is 1.33 bits per heavy atom. The molecule has 0 saturated carbocycles. The molecule has 4 nitrogen and oxygen atoms in total. The van der Waals surface area contributed by atoms with Crippen LogP contribution in [-0.2, 0) is 17.6 Å². The van der Waals surface area contributed by atoms with Crippen LogP contribution in [0.4, 0.5) is 0 Å². The van der Waals surface area contributed by atoms with E-state index in [2.05, 4.69) is 36.3 Å². The number of benzene rings is 1. The summed E-state index contributed by atoms with van der Waals surface area (Å²) in [7, 11) is 0. The second-order valence-electron chi connectivity index (χ2n) is 6.98. The summed E-state index contributed by atoms with van der Waals surface area (Å²) >= 11 is 1.60. The van der Waals surface area contributed by atoms with E-state index in [4.69, 9.17) is 5.73 Å². The van der Waals surface area contributed by atoms with Crippen molar-refractivity contribution in [3.63, 3.8) is 0 Å². The van der Waals surface area contributed by atoms with Crippen LogP contribution in [0.15, 0.2) is 35.7 Å². The van der Waals surface area contributed by atoms with Crippen molar-refractivity contribution in [2.24, 2.45) is 11.7 Å². The third-order valence-electron chi connectivity index (χ3n) is 3.89. The topological polar surface area (TPSA) is 68.0 Å². The fourth-order valence-electron chi connectivity index (χ4n) is 2.91. The van der Waals surface area contributed by atoms with Crippen LogP contribution in [0.3, 0.4) is 0 Å². The lowest BCUT2D eigenvalue weighted by Crippen LogP contribution is -2.52. The van der Waals surface area contributed by atoms with Gasteiger partial charge in [-0.15, -0.1) is 11.3 Å².